The molecule has 1 aliphatic rings. The molecule has 10 heteroatoms. The maximum absolute atomic E-state index is 13.5. The van der Waals surface area contributed by atoms with Crippen molar-refractivity contribution in [2.45, 2.75) is 13.8 Å². The van der Waals surface area contributed by atoms with Crippen molar-refractivity contribution in [2.75, 3.05) is 60.3 Å². The molecular formula is C29H33F2N5O3. The van der Waals surface area contributed by atoms with Gasteiger partial charge in [-0.15, -0.1) is 0 Å². The van der Waals surface area contributed by atoms with E-state index in [2.05, 4.69) is 25.8 Å². The largest absolute Gasteiger partial charge is 0.495 e. The summed E-state index contributed by atoms with van der Waals surface area (Å²) in [6, 6.07) is 15.5. The number of hydrogen-bond donors (Lipinski definition) is 3. The van der Waals surface area contributed by atoms with E-state index in [0.717, 1.165) is 42.3 Å². The third-order valence-electron chi connectivity index (χ3n) is 6.39. The number of rotatable bonds is 8. The zero-order chi connectivity index (χ0) is 27.9. The van der Waals surface area contributed by atoms with E-state index in [-0.39, 0.29) is 17.5 Å². The lowest BCUT2D eigenvalue weighted by molar-refractivity contribution is 0.0949. The highest BCUT2D eigenvalue weighted by atomic mass is 19.2. The summed E-state index contributed by atoms with van der Waals surface area (Å²) in [5.74, 6) is -1.22. The van der Waals surface area contributed by atoms with Gasteiger partial charge in [-0.1, -0.05) is 26.0 Å². The van der Waals surface area contributed by atoms with Crippen molar-refractivity contribution in [2.24, 2.45) is 5.92 Å². The normalized spacial score (nSPS) is 13.3. The predicted octanol–water partition coefficient (Wildman–Crippen LogP) is 5.33. The molecule has 0 bridgehead atoms. The van der Waals surface area contributed by atoms with Gasteiger partial charge in [0.15, 0.2) is 11.6 Å². The second kappa shape index (κ2) is 12.5. The minimum absolute atomic E-state index is 0.103. The van der Waals surface area contributed by atoms with Gasteiger partial charge < -0.3 is 30.5 Å². The van der Waals surface area contributed by atoms with Crippen LogP contribution in [0.3, 0.4) is 0 Å². The van der Waals surface area contributed by atoms with Crippen LogP contribution in [0.4, 0.5) is 36.3 Å². The number of ether oxygens (including phenoxy) is 1. The van der Waals surface area contributed by atoms with Gasteiger partial charge in [0.05, 0.1) is 18.4 Å². The summed E-state index contributed by atoms with van der Waals surface area (Å²) in [7, 11) is 1.66. The molecule has 4 rings (SSSR count). The number of nitrogens with zero attached hydrogens (tertiary/aromatic N) is 2. The Hall–Kier alpha value is -4.34. The number of piperazine rings is 1. The van der Waals surface area contributed by atoms with Crippen LogP contribution in [0, 0.1) is 17.6 Å². The third-order valence-corrected chi connectivity index (χ3v) is 6.39. The Bertz CT molecular complexity index is 1330. The number of urea groups is 1. The lowest BCUT2D eigenvalue weighted by atomic mass is 10.1. The molecule has 0 atom stereocenters. The van der Waals surface area contributed by atoms with E-state index in [1.54, 1.807) is 19.2 Å². The maximum atomic E-state index is 13.5. The molecular weight excluding hydrogens is 504 g/mol. The Morgan fingerprint density at radius 3 is 2.10 bits per heavy atom. The number of methoxy groups -OCH3 is 1. The third kappa shape index (κ3) is 6.95. The first-order chi connectivity index (χ1) is 18.7. The molecule has 8 nitrogen and oxygen atoms in total. The van der Waals surface area contributed by atoms with Crippen LogP contribution in [0.15, 0.2) is 60.7 Å². The molecule has 1 aliphatic heterocycles. The number of para-hydroxylation sites is 2. The molecule has 1 saturated heterocycles. The van der Waals surface area contributed by atoms with E-state index < -0.39 is 17.7 Å². The molecule has 0 saturated carbocycles. The van der Waals surface area contributed by atoms with Crippen molar-refractivity contribution in [3.05, 3.63) is 77.9 Å². The van der Waals surface area contributed by atoms with E-state index >= 15 is 0 Å². The SMILES string of the molecule is COc1ccccc1N1CCN(c2ccc(NC(=O)Nc3ccc(F)c(F)c3)cc2C(=O)NCC(C)C)CC1. The molecule has 0 spiro atoms. The molecule has 3 amide bonds. The molecule has 3 aromatic carbocycles. The smallest absolute Gasteiger partial charge is 0.323 e. The maximum Gasteiger partial charge on any atom is 0.323 e. The summed E-state index contributed by atoms with van der Waals surface area (Å²) in [6.07, 6.45) is 0. The van der Waals surface area contributed by atoms with Gasteiger partial charge in [-0.05, 0) is 48.4 Å². The van der Waals surface area contributed by atoms with E-state index in [1.807, 2.05) is 44.2 Å². The monoisotopic (exact) mass is 537 g/mol. The minimum atomic E-state index is -1.06. The summed E-state index contributed by atoms with van der Waals surface area (Å²) in [5.41, 5.74) is 2.72. The molecule has 3 aromatic rings. The number of hydrogen-bond acceptors (Lipinski definition) is 5. The van der Waals surface area contributed by atoms with Crippen LogP contribution < -0.4 is 30.5 Å². The van der Waals surface area contributed by atoms with Crippen LogP contribution in [0.1, 0.15) is 24.2 Å². The number of halogens is 2. The number of carbonyl (C=O) groups excluding carboxylic acids is 2. The second-order valence-electron chi connectivity index (χ2n) is 9.69. The highest BCUT2D eigenvalue weighted by molar-refractivity contribution is 6.04. The van der Waals surface area contributed by atoms with Crippen LogP contribution in [0.2, 0.25) is 0 Å². The van der Waals surface area contributed by atoms with Crippen LogP contribution in [-0.2, 0) is 0 Å². The summed E-state index contributed by atoms with van der Waals surface area (Å²) >= 11 is 0. The van der Waals surface area contributed by atoms with Crippen molar-refractivity contribution in [3.8, 4) is 5.75 Å². The fourth-order valence-corrected chi connectivity index (χ4v) is 4.41. The standard InChI is InChI=1S/C29H33F2N5O3/c1-19(2)18-32-28(37)22-16-20(33-29(38)34-21-8-10-23(30)24(31)17-21)9-11-25(22)35-12-14-36(15-13-35)26-6-4-5-7-27(26)39-3/h4-11,16-17,19H,12-15,18H2,1-3H3,(H,32,37)(H2,33,34,38). The van der Waals surface area contributed by atoms with Gasteiger partial charge in [0, 0.05) is 55.9 Å². The van der Waals surface area contributed by atoms with Crippen LogP contribution >= 0.6 is 0 Å². The summed E-state index contributed by atoms with van der Waals surface area (Å²) in [4.78, 5) is 30.1. The number of amides is 3. The molecule has 206 valence electrons. The Balaban J connectivity index is 1.51. The molecule has 0 unspecified atom stereocenters. The van der Waals surface area contributed by atoms with Gasteiger partial charge in [0.1, 0.15) is 5.75 Å². The van der Waals surface area contributed by atoms with Gasteiger partial charge >= 0.3 is 6.03 Å². The first-order valence-electron chi connectivity index (χ1n) is 12.8. The van der Waals surface area contributed by atoms with E-state index in [9.17, 15) is 18.4 Å². The average molecular weight is 538 g/mol. The second-order valence-corrected chi connectivity index (χ2v) is 9.69. The summed E-state index contributed by atoms with van der Waals surface area (Å²) in [5, 5.41) is 8.10. The molecule has 3 N–H and O–H groups in total. The highest BCUT2D eigenvalue weighted by Gasteiger charge is 2.24. The van der Waals surface area contributed by atoms with Gasteiger partial charge in [-0.2, -0.15) is 0 Å². The number of benzene rings is 3. The predicted molar refractivity (Wildman–Crippen MR) is 150 cm³/mol. The number of anilines is 4. The molecule has 39 heavy (non-hydrogen) atoms. The average Bonchev–Trinajstić information content (AvgIpc) is 2.93. The Morgan fingerprint density at radius 1 is 0.846 bits per heavy atom. The quantitative estimate of drug-likeness (QED) is 0.362. The fraction of sp³-hybridized carbons (Fsp3) is 0.310. The van der Waals surface area contributed by atoms with E-state index in [0.29, 0.717) is 30.9 Å². The Morgan fingerprint density at radius 2 is 1.46 bits per heavy atom. The van der Waals surface area contributed by atoms with Crippen molar-refractivity contribution < 1.29 is 23.1 Å². The lowest BCUT2D eigenvalue weighted by Crippen LogP contribution is -2.47. The minimum Gasteiger partial charge on any atom is -0.495 e. The summed E-state index contributed by atoms with van der Waals surface area (Å²) < 4.78 is 32.2. The topological polar surface area (TPSA) is 85.9 Å². The van der Waals surface area contributed by atoms with E-state index in [4.69, 9.17) is 4.74 Å². The molecule has 0 aromatic heterocycles. The van der Waals surface area contributed by atoms with Gasteiger partial charge in [-0.3, -0.25) is 4.79 Å². The molecule has 1 heterocycles. The van der Waals surface area contributed by atoms with Crippen LogP contribution in [0.25, 0.3) is 0 Å². The van der Waals surface area contributed by atoms with Crippen LogP contribution in [-0.4, -0.2) is 51.8 Å². The van der Waals surface area contributed by atoms with Gasteiger partial charge in [-0.25, -0.2) is 13.6 Å². The van der Waals surface area contributed by atoms with Crippen LogP contribution in [0.5, 0.6) is 5.75 Å². The Labute approximate surface area is 226 Å². The first kappa shape index (κ1) is 27.7. The number of carbonyl (C=O) groups is 2. The number of nitrogens with one attached hydrogen (secondary N) is 3. The van der Waals surface area contributed by atoms with Crippen molar-refractivity contribution in [1.82, 2.24) is 5.32 Å². The fourth-order valence-electron chi connectivity index (χ4n) is 4.41. The molecule has 0 aliphatic carbocycles. The zero-order valence-electron chi connectivity index (χ0n) is 22.3. The van der Waals surface area contributed by atoms with Gasteiger partial charge in [0.2, 0.25) is 0 Å². The van der Waals surface area contributed by atoms with E-state index in [1.165, 1.54) is 6.07 Å². The molecule has 1 fully saturated rings. The summed E-state index contributed by atoms with van der Waals surface area (Å²) in [6.45, 7) is 7.39. The first-order valence-corrected chi connectivity index (χ1v) is 12.8. The van der Waals surface area contributed by atoms with Gasteiger partial charge in [0.25, 0.3) is 5.91 Å². The zero-order valence-corrected chi connectivity index (χ0v) is 22.3. The highest BCUT2D eigenvalue weighted by Crippen LogP contribution is 2.31. The lowest BCUT2D eigenvalue weighted by Gasteiger charge is -2.38. The Kier molecular flexibility index (Phi) is 8.85. The van der Waals surface area contributed by atoms with Crippen molar-refractivity contribution in [1.29, 1.82) is 0 Å². The van der Waals surface area contributed by atoms with Crippen molar-refractivity contribution >= 4 is 34.7 Å². The van der Waals surface area contributed by atoms with Crippen molar-refractivity contribution in [3.63, 3.8) is 0 Å². The molecule has 0 radical (unpaired) electrons.